The summed E-state index contributed by atoms with van der Waals surface area (Å²) in [6.07, 6.45) is 3.56. The van der Waals surface area contributed by atoms with Crippen LogP contribution in [-0.4, -0.2) is 64.9 Å². The molecule has 0 radical (unpaired) electrons. The first-order valence-corrected chi connectivity index (χ1v) is 10.3. The van der Waals surface area contributed by atoms with Crippen molar-refractivity contribution in [2.45, 2.75) is 50.7 Å². The number of methoxy groups -OCH3 is 1. The van der Waals surface area contributed by atoms with Gasteiger partial charge >= 0.3 is 6.03 Å². The van der Waals surface area contributed by atoms with Gasteiger partial charge in [0.1, 0.15) is 11.8 Å². The number of carbonyl (C=O) groups excluding carboxylic acids is 1. The van der Waals surface area contributed by atoms with Crippen molar-refractivity contribution >= 4 is 11.7 Å². The van der Waals surface area contributed by atoms with E-state index in [2.05, 4.69) is 20.9 Å². The standard InChI is InChI=1S/C20H27N5O6/c1-28-11-14-9-25(24-23-14)7-6-15-3-4-16(19(10-26)31-15)22-20(27)21-13-2-5-17-18(8-13)30-12-29-17/h2,5,8-9,15-16,19,26H,3-4,6-7,10-12H2,1H3,(H2,21,22,27)/t15-,16-,19+/m0/s1. The van der Waals surface area contributed by atoms with Crippen LogP contribution < -0.4 is 20.1 Å². The van der Waals surface area contributed by atoms with E-state index >= 15 is 0 Å². The minimum atomic E-state index is -0.471. The Hall–Kier alpha value is -2.89. The Morgan fingerprint density at radius 1 is 1.32 bits per heavy atom. The molecule has 11 nitrogen and oxygen atoms in total. The lowest BCUT2D eigenvalue weighted by Gasteiger charge is -2.36. The summed E-state index contributed by atoms with van der Waals surface area (Å²) in [5, 5.41) is 23.6. The largest absolute Gasteiger partial charge is 0.454 e. The molecule has 2 aromatic rings. The molecule has 168 valence electrons. The lowest BCUT2D eigenvalue weighted by molar-refractivity contribution is -0.0905. The average Bonchev–Trinajstić information content (AvgIpc) is 3.42. The first-order valence-electron chi connectivity index (χ1n) is 10.3. The van der Waals surface area contributed by atoms with E-state index < -0.39 is 6.10 Å². The summed E-state index contributed by atoms with van der Waals surface area (Å²) in [4.78, 5) is 12.4. The first-order chi connectivity index (χ1) is 15.1. The number of nitrogens with one attached hydrogen (secondary N) is 2. The van der Waals surface area contributed by atoms with Crippen LogP contribution in [0, 0.1) is 0 Å². The van der Waals surface area contributed by atoms with E-state index in [4.69, 9.17) is 18.9 Å². The molecule has 0 aliphatic carbocycles. The maximum Gasteiger partial charge on any atom is 0.319 e. The molecule has 3 N–H and O–H groups in total. The van der Waals surface area contributed by atoms with Crippen LogP contribution in [0.25, 0.3) is 0 Å². The molecule has 0 unspecified atom stereocenters. The third-order valence-electron chi connectivity index (χ3n) is 5.30. The van der Waals surface area contributed by atoms with Gasteiger partial charge in [0, 0.05) is 25.4 Å². The van der Waals surface area contributed by atoms with Crippen molar-refractivity contribution < 1.29 is 28.8 Å². The molecule has 0 spiro atoms. The highest BCUT2D eigenvalue weighted by Crippen LogP contribution is 2.34. The zero-order valence-corrected chi connectivity index (χ0v) is 17.3. The molecule has 4 rings (SSSR count). The predicted octanol–water partition coefficient (Wildman–Crippen LogP) is 1.27. The first kappa shape index (κ1) is 21.3. The zero-order valence-electron chi connectivity index (χ0n) is 17.3. The quantitative estimate of drug-likeness (QED) is 0.568. The number of anilines is 1. The number of hydrogen-bond donors (Lipinski definition) is 3. The van der Waals surface area contributed by atoms with Gasteiger partial charge in [0.05, 0.1) is 31.6 Å². The average molecular weight is 433 g/mol. The van der Waals surface area contributed by atoms with Gasteiger partial charge in [-0.05, 0) is 31.4 Å². The summed E-state index contributed by atoms with van der Waals surface area (Å²) in [5.74, 6) is 1.25. The zero-order chi connectivity index (χ0) is 21.6. The molecule has 1 aromatic carbocycles. The molecule has 2 aliphatic heterocycles. The number of amides is 2. The van der Waals surface area contributed by atoms with Gasteiger partial charge in [-0.1, -0.05) is 5.21 Å². The monoisotopic (exact) mass is 433 g/mol. The van der Waals surface area contributed by atoms with E-state index in [1.54, 1.807) is 30.0 Å². The van der Waals surface area contributed by atoms with Gasteiger partial charge in [-0.15, -0.1) is 5.10 Å². The summed E-state index contributed by atoms with van der Waals surface area (Å²) in [5.41, 5.74) is 1.37. The second kappa shape index (κ2) is 9.94. The molecule has 3 atom stereocenters. The van der Waals surface area contributed by atoms with Crippen molar-refractivity contribution in [2.24, 2.45) is 0 Å². The van der Waals surface area contributed by atoms with E-state index in [1.165, 1.54) is 0 Å². The molecule has 0 bridgehead atoms. The molecule has 0 saturated carbocycles. The highest BCUT2D eigenvalue weighted by molar-refractivity contribution is 5.90. The molecule has 1 fully saturated rings. The molecule has 3 heterocycles. The minimum Gasteiger partial charge on any atom is -0.454 e. The van der Waals surface area contributed by atoms with Crippen molar-refractivity contribution in [2.75, 3.05) is 25.8 Å². The third-order valence-corrected chi connectivity index (χ3v) is 5.30. The number of ether oxygens (including phenoxy) is 4. The van der Waals surface area contributed by atoms with E-state index in [1.807, 2.05) is 6.20 Å². The summed E-state index contributed by atoms with van der Waals surface area (Å²) < 4.78 is 23.4. The van der Waals surface area contributed by atoms with Crippen LogP contribution >= 0.6 is 0 Å². The van der Waals surface area contributed by atoms with Crippen LogP contribution in [0.15, 0.2) is 24.4 Å². The van der Waals surface area contributed by atoms with E-state index in [0.29, 0.717) is 36.8 Å². The molecule has 2 amide bonds. The highest BCUT2D eigenvalue weighted by Gasteiger charge is 2.32. The number of aryl methyl sites for hydroxylation is 1. The van der Waals surface area contributed by atoms with Gasteiger partial charge in [-0.2, -0.15) is 0 Å². The van der Waals surface area contributed by atoms with Crippen LogP contribution in [0.2, 0.25) is 0 Å². The second-order valence-corrected chi connectivity index (χ2v) is 7.52. The molecular formula is C20H27N5O6. The van der Waals surface area contributed by atoms with Crippen LogP contribution in [0.4, 0.5) is 10.5 Å². The number of hydrogen-bond acceptors (Lipinski definition) is 8. The summed E-state index contributed by atoms with van der Waals surface area (Å²) >= 11 is 0. The van der Waals surface area contributed by atoms with E-state index in [9.17, 15) is 9.90 Å². The number of rotatable bonds is 8. The fourth-order valence-corrected chi connectivity index (χ4v) is 3.76. The van der Waals surface area contributed by atoms with Crippen molar-refractivity contribution in [1.29, 1.82) is 0 Å². The normalized spacial score (nSPS) is 22.3. The maximum absolute atomic E-state index is 12.4. The van der Waals surface area contributed by atoms with Crippen molar-refractivity contribution in [1.82, 2.24) is 20.3 Å². The number of carbonyl (C=O) groups is 1. The number of nitrogens with zero attached hydrogens (tertiary/aromatic N) is 3. The van der Waals surface area contributed by atoms with Gasteiger partial charge in [-0.25, -0.2) is 4.79 Å². The Morgan fingerprint density at radius 2 is 2.19 bits per heavy atom. The topological polar surface area (TPSA) is 129 Å². The van der Waals surface area contributed by atoms with Crippen LogP contribution in [0.5, 0.6) is 11.5 Å². The maximum atomic E-state index is 12.4. The number of urea groups is 1. The number of aromatic nitrogens is 3. The van der Waals surface area contributed by atoms with Gasteiger partial charge < -0.3 is 34.7 Å². The number of aliphatic hydroxyl groups excluding tert-OH is 1. The smallest absolute Gasteiger partial charge is 0.319 e. The minimum absolute atomic E-state index is 0.0257. The number of fused-ring (bicyclic) bond motifs is 1. The van der Waals surface area contributed by atoms with Crippen LogP contribution in [0.3, 0.4) is 0 Å². The summed E-state index contributed by atoms with van der Waals surface area (Å²) in [6.45, 7) is 1.08. The van der Waals surface area contributed by atoms with E-state index in [-0.39, 0.29) is 31.6 Å². The molecule has 1 saturated heterocycles. The molecular weight excluding hydrogens is 406 g/mol. The van der Waals surface area contributed by atoms with Gasteiger partial charge in [0.2, 0.25) is 6.79 Å². The lowest BCUT2D eigenvalue weighted by Crippen LogP contribution is -2.52. The summed E-state index contributed by atoms with van der Waals surface area (Å²) in [7, 11) is 1.61. The van der Waals surface area contributed by atoms with Gasteiger partial charge in [-0.3, -0.25) is 4.68 Å². The van der Waals surface area contributed by atoms with Crippen LogP contribution in [-0.2, 0) is 22.6 Å². The van der Waals surface area contributed by atoms with Gasteiger partial charge in [0.25, 0.3) is 0 Å². The Labute approximate surface area is 179 Å². The molecule has 2 aliphatic rings. The third kappa shape index (κ3) is 5.43. The summed E-state index contributed by atoms with van der Waals surface area (Å²) in [6, 6.07) is 4.55. The van der Waals surface area contributed by atoms with Gasteiger partial charge in [0.15, 0.2) is 11.5 Å². The molecule has 31 heavy (non-hydrogen) atoms. The van der Waals surface area contributed by atoms with Crippen molar-refractivity contribution in [3.63, 3.8) is 0 Å². The SMILES string of the molecule is COCc1cn(CC[C@@H]2CC[C@H](NC(=O)Nc3ccc4c(c3)OCO4)[C@@H](CO)O2)nn1. The molecule has 11 heteroatoms. The number of aliphatic hydroxyl groups is 1. The highest BCUT2D eigenvalue weighted by atomic mass is 16.7. The molecule has 1 aromatic heterocycles. The Bertz CT molecular complexity index is 891. The Kier molecular flexibility index (Phi) is 6.85. The fourth-order valence-electron chi connectivity index (χ4n) is 3.76. The Morgan fingerprint density at radius 3 is 3.03 bits per heavy atom. The lowest BCUT2D eigenvalue weighted by atomic mass is 9.97. The van der Waals surface area contributed by atoms with Crippen molar-refractivity contribution in [3.8, 4) is 11.5 Å². The Balaban J connectivity index is 1.24. The van der Waals surface area contributed by atoms with Crippen LogP contribution in [0.1, 0.15) is 25.0 Å². The van der Waals surface area contributed by atoms with E-state index in [0.717, 1.165) is 18.5 Å². The fraction of sp³-hybridized carbons (Fsp3) is 0.550. The van der Waals surface area contributed by atoms with Crippen molar-refractivity contribution in [3.05, 3.63) is 30.1 Å². The predicted molar refractivity (Wildman–Crippen MR) is 109 cm³/mol. The second-order valence-electron chi connectivity index (χ2n) is 7.52. The number of benzene rings is 1.